The number of fused-ring (bicyclic) bond motifs is 2. The normalized spacial score (nSPS) is 60.8. The summed E-state index contributed by atoms with van der Waals surface area (Å²) in [4.78, 5) is 11.7. The molecule has 0 aliphatic heterocycles. The molecule has 16 heavy (non-hydrogen) atoms. The number of nitrogens with one attached hydrogen (secondary N) is 1. The SMILES string of the molecule is CNC1C2CC3CC4(C(=O)O)CC1CC34C2. The van der Waals surface area contributed by atoms with Crippen molar-refractivity contribution < 1.29 is 9.90 Å². The summed E-state index contributed by atoms with van der Waals surface area (Å²) in [6.45, 7) is 0. The van der Waals surface area contributed by atoms with Gasteiger partial charge in [0.2, 0.25) is 0 Å². The number of carbonyl (C=O) groups is 1. The van der Waals surface area contributed by atoms with Gasteiger partial charge < -0.3 is 10.4 Å². The number of aliphatic carboxylic acids is 1. The lowest BCUT2D eigenvalue weighted by Gasteiger charge is -2.56. The maximum Gasteiger partial charge on any atom is 0.310 e. The summed E-state index contributed by atoms with van der Waals surface area (Å²) in [7, 11) is 2.05. The zero-order valence-electron chi connectivity index (χ0n) is 9.70. The van der Waals surface area contributed by atoms with E-state index in [1.807, 2.05) is 7.05 Å². The van der Waals surface area contributed by atoms with Crippen LogP contribution in [0.3, 0.4) is 0 Å². The van der Waals surface area contributed by atoms with Crippen molar-refractivity contribution in [2.24, 2.45) is 28.6 Å². The number of carboxylic acids is 1. The molecule has 6 atom stereocenters. The minimum absolute atomic E-state index is 0.224. The zero-order chi connectivity index (χ0) is 11.1. The lowest BCUT2D eigenvalue weighted by molar-refractivity contribution is -0.179. The maximum absolute atomic E-state index is 11.7. The summed E-state index contributed by atoms with van der Waals surface area (Å²) in [6, 6.07) is 0.597. The van der Waals surface area contributed by atoms with Crippen LogP contribution in [-0.4, -0.2) is 24.2 Å². The van der Waals surface area contributed by atoms with Crippen LogP contribution in [0.25, 0.3) is 0 Å². The first-order chi connectivity index (χ1) is 7.63. The van der Waals surface area contributed by atoms with Crippen LogP contribution in [0.5, 0.6) is 0 Å². The fourth-order valence-electron chi connectivity index (χ4n) is 6.16. The summed E-state index contributed by atoms with van der Waals surface area (Å²) in [6.07, 6.45) is 5.58. The highest BCUT2D eigenvalue weighted by atomic mass is 16.4. The van der Waals surface area contributed by atoms with Gasteiger partial charge in [-0.25, -0.2) is 0 Å². The Kier molecular flexibility index (Phi) is 1.46. The van der Waals surface area contributed by atoms with E-state index in [9.17, 15) is 9.90 Å². The van der Waals surface area contributed by atoms with Crippen LogP contribution in [0, 0.1) is 28.6 Å². The molecule has 0 amide bonds. The topological polar surface area (TPSA) is 49.3 Å². The van der Waals surface area contributed by atoms with Crippen LogP contribution in [0.1, 0.15) is 32.1 Å². The molecule has 6 unspecified atom stereocenters. The highest BCUT2D eigenvalue weighted by molar-refractivity contribution is 5.79. The molecule has 0 radical (unpaired) electrons. The lowest BCUT2D eigenvalue weighted by Crippen LogP contribution is -2.56. The number of carboxylic acid groups (broad SMARTS) is 1. The first kappa shape index (κ1) is 9.46. The molecule has 4 aliphatic rings. The van der Waals surface area contributed by atoms with Crippen LogP contribution in [0.2, 0.25) is 0 Å². The highest BCUT2D eigenvalue weighted by Gasteiger charge is 2.78. The number of rotatable bonds is 2. The van der Waals surface area contributed by atoms with E-state index in [1.165, 1.54) is 19.3 Å². The molecule has 4 saturated carbocycles. The molecule has 4 rings (SSSR count). The third-order valence-electron chi connectivity index (χ3n) is 6.54. The first-order valence-corrected chi connectivity index (χ1v) is 6.54. The van der Waals surface area contributed by atoms with E-state index in [1.54, 1.807) is 0 Å². The smallest absolute Gasteiger partial charge is 0.310 e. The monoisotopic (exact) mass is 221 g/mol. The van der Waals surface area contributed by atoms with Crippen LogP contribution in [0.15, 0.2) is 0 Å². The summed E-state index contributed by atoms with van der Waals surface area (Å²) < 4.78 is 0. The average molecular weight is 221 g/mol. The molecule has 0 aromatic heterocycles. The van der Waals surface area contributed by atoms with Gasteiger partial charge in [0, 0.05) is 6.04 Å². The Labute approximate surface area is 95.6 Å². The van der Waals surface area contributed by atoms with Crippen LogP contribution in [0.4, 0.5) is 0 Å². The first-order valence-electron chi connectivity index (χ1n) is 6.54. The average Bonchev–Trinajstić information content (AvgIpc) is 2.58. The van der Waals surface area contributed by atoms with E-state index in [4.69, 9.17) is 0 Å². The molecule has 88 valence electrons. The van der Waals surface area contributed by atoms with Gasteiger partial charge >= 0.3 is 5.97 Å². The Balaban J connectivity index is 1.82. The van der Waals surface area contributed by atoms with Crippen molar-refractivity contribution in [3.05, 3.63) is 0 Å². The second kappa shape index (κ2) is 2.47. The van der Waals surface area contributed by atoms with Crippen LogP contribution < -0.4 is 5.32 Å². The Morgan fingerprint density at radius 1 is 1.25 bits per heavy atom. The lowest BCUT2D eigenvalue weighted by atomic mass is 9.46. The van der Waals surface area contributed by atoms with E-state index in [2.05, 4.69) is 5.32 Å². The Morgan fingerprint density at radius 3 is 2.69 bits per heavy atom. The standard InChI is InChI=1S/C13H19NO2/c1-14-10-7-2-9-6-13(11(15)16)5-8(10)4-12(9,13)3-7/h7-10,14H,2-6H2,1H3,(H,15,16). The molecular weight excluding hydrogens is 202 g/mol. The van der Waals surface area contributed by atoms with Gasteiger partial charge in [-0.3, -0.25) is 4.79 Å². The van der Waals surface area contributed by atoms with Crippen molar-refractivity contribution in [3.63, 3.8) is 0 Å². The minimum Gasteiger partial charge on any atom is -0.481 e. The molecule has 0 saturated heterocycles. The Morgan fingerprint density at radius 2 is 2.00 bits per heavy atom. The summed E-state index contributed by atoms with van der Waals surface area (Å²) in [5, 5.41) is 13.1. The van der Waals surface area contributed by atoms with E-state index >= 15 is 0 Å². The molecule has 3 bridgehead atoms. The molecule has 0 aromatic rings. The largest absolute Gasteiger partial charge is 0.481 e. The molecule has 0 aromatic carbocycles. The predicted octanol–water partition coefficient (Wildman–Crippen LogP) is 1.49. The fraction of sp³-hybridized carbons (Fsp3) is 0.923. The molecule has 4 aliphatic carbocycles. The van der Waals surface area contributed by atoms with Gasteiger partial charge in [0.1, 0.15) is 0 Å². The summed E-state index contributed by atoms with van der Waals surface area (Å²) in [5.74, 6) is 1.63. The van der Waals surface area contributed by atoms with Gasteiger partial charge in [-0.05, 0) is 62.3 Å². The van der Waals surface area contributed by atoms with Gasteiger partial charge in [-0.2, -0.15) is 0 Å². The van der Waals surface area contributed by atoms with Gasteiger partial charge in [-0.15, -0.1) is 0 Å². The third kappa shape index (κ3) is 0.700. The zero-order valence-corrected chi connectivity index (χ0v) is 9.70. The molecule has 4 fully saturated rings. The van der Waals surface area contributed by atoms with Crippen molar-refractivity contribution in [3.8, 4) is 0 Å². The molecule has 3 nitrogen and oxygen atoms in total. The van der Waals surface area contributed by atoms with Crippen molar-refractivity contribution in [1.29, 1.82) is 0 Å². The number of hydrogen-bond donors (Lipinski definition) is 2. The number of hydrogen-bond acceptors (Lipinski definition) is 2. The second-order valence-electron chi connectivity index (χ2n) is 6.63. The van der Waals surface area contributed by atoms with Gasteiger partial charge in [0.15, 0.2) is 0 Å². The van der Waals surface area contributed by atoms with Crippen molar-refractivity contribution in [1.82, 2.24) is 5.32 Å². The van der Waals surface area contributed by atoms with E-state index in [0.717, 1.165) is 24.7 Å². The molecule has 2 N–H and O–H groups in total. The van der Waals surface area contributed by atoms with Gasteiger partial charge in [0.05, 0.1) is 5.41 Å². The van der Waals surface area contributed by atoms with Gasteiger partial charge in [0.25, 0.3) is 0 Å². The van der Waals surface area contributed by atoms with Crippen molar-refractivity contribution in [2.75, 3.05) is 7.05 Å². The van der Waals surface area contributed by atoms with Crippen LogP contribution >= 0.6 is 0 Å². The second-order valence-corrected chi connectivity index (χ2v) is 6.63. The van der Waals surface area contributed by atoms with E-state index in [-0.39, 0.29) is 10.8 Å². The molecule has 1 spiro atoms. The minimum atomic E-state index is -0.497. The summed E-state index contributed by atoms with van der Waals surface area (Å²) >= 11 is 0. The predicted molar refractivity (Wildman–Crippen MR) is 58.9 cm³/mol. The van der Waals surface area contributed by atoms with E-state index in [0.29, 0.717) is 12.0 Å². The Bertz CT molecular complexity index is 378. The molecule has 3 heteroatoms. The van der Waals surface area contributed by atoms with Crippen LogP contribution in [-0.2, 0) is 4.79 Å². The fourth-order valence-corrected chi connectivity index (χ4v) is 6.16. The maximum atomic E-state index is 11.7. The summed E-state index contributed by atoms with van der Waals surface area (Å²) in [5.41, 5.74) is -0.0931. The van der Waals surface area contributed by atoms with E-state index < -0.39 is 5.97 Å². The van der Waals surface area contributed by atoms with Crippen molar-refractivity contribution >= 4 is 5.97 Å². The van der Waals surface area contributed by atoms with Crippen molar-refractivity contribution in [2.45, 2.75) is 38.1 Å². The molecular formula is C13H19NO2. The van der Waals surface area contributed by atoms with Gasteiger partial charge in [-0.1, -0.05) is 0 Å². The quantitative estimate of drug-likeness (QED) is 0.742. The molecule has 0 heterocycles. The highest BCUT2D eigenvalue weighted by Crippen LogP contribution is 2.81. The Hall–Kier alpha value is -0.570. The third-order valence-corrected chi connectivity index (χ3v) is 6.54.